The van der Waals surface area contributed by atoms with Crippen LogP contribution in [0.25, 0.3) is 0 Å². The molecule has 2 aromatic rings. The second-order valence-corrected chi connectivity index (χ2v) is 5.86. The summed E-state index contributed by atoms with van der Waals surface area (Å²) in [6.45, 7) is 0.0910. The summed E-state index contributed by atoms with van der Waals surface area (Å²) in [6, 6.07) is 11.2. The first-order valence-corrected chi connectivity index (χ1v) is 7.77. The van der Waals surface area contributed by atoms with Crippen molar-refractivity contribution >= 4 is 11.6 Å². The molecule has 0 heterocycles. The van der Waals surface area contributed by atoms with Crippen LogP contribution in [0.15, 0.2) is 47.5 Å². The third kappa shape index (κ3) is 3.88. The maximum Gasteiger partial charge on any atom is 0.416 e. The molecule has 3 nitrogen and oxygen atoms in total. The number of rotatable bonds is 3. The minimum Gasteiger partial charge on any atom is -0.370 e. The van der Waals surface area contributed by atoms with E-state index in [0.29, 0.717) is 5.56 Å². The molecule has 0 aromatic heterocycles. The van der Waals surface area contributed by atoms with Gasteiger partial charge in [0.1, 0.15) is 0 Å². The molecular weight excluding hydrogens is 315 g/mol. The van der Waals surface area contributed by atoms with Gasteiger partial charge in [0.2, 0.25) is 0 Å². The Hall–Kier alpha value is -2.50. The number of nitrogens with two attached hydrogens (primary N) is 1. The fourth-order valence-electron chi connectivity index (χ4n) is 2.86. The van der Waals surface area contributed by atoms with Crippen molar-refractivity contribution in [2.75, 3.05) is 5.32 Å². The Bertz CT molecular complexity index is 766. The van der Waals surface area contributed by atoms with Crippen LogP contribution in [0.2, 0.25) is 0 Å². The zero-order valence-electron chi connectivity index (χ0n) is 13.0. The van der Waals surface area contributed by atoms with Gasteiger partial charge >= 0.3 is 6.18 Å². The van der Waals surface area contributed by atoms with Crippen LogP contribution in [0.5, 0.6) is 0 Å². The van der Waals surface area contributed by atoms with E-state index in [0.717, 1.165) is 37.1 Å². The lowest BCUT2D eigenvalue weighted by Gasteiger charge is -2.09. The van der Waals surface area contributed by atoms with Crippen molar-refractivity contribution in [2.45, 2.75) is 32.0 Å². The van der Waals surface area contributed by atoms with Gasteiger partial charge in [-0.2, -0.15) is 13.2 Å². The molecule has 0 aliphatic heterocycles. The Kier molecular flexibility index (Phi) is 4.46. The van der Waals surface area contributed by atoms with Crippen molar-refractivity contribution in [1.82, 2.24) is 0 Å². The summed E-state index contributed by atoms with van der Waals surface area (Å²) >= 11 is 0. The van der Waals surface area contributed by atoms with E-state index in [2.05, 4.69) is 22.4 Å². The predicted molar refractivity (Wildman–Crippen MR) is 88.9 cm³/mol. The SMILES string of the molecule is NC(=NCc1cccc(C(F)(F)F)c1)Nc1ccc2c(c1)CCC2. The second kappa shape index (κ2) is 6.55. The number of alkyl halides is 3. The molecule has 1 aliphatic rings. The van der Waals surface area contributed by atoms with Gasteiger partial charge in [-0.1, -0.05) is 18.2 Å². The van der Waals surface area contributed by atoms with E-state index in [-0.39, 0.29) is 12.5 Å². The summed E-state index contributed by atoms with van der Waals surface area (Å²) in [4.78, 5) is 4.12. The van der Waals surface area contributed by atoms with Crippen LogP contribution >= 0.6 is 0 Å². The van der Waals surface area contributed by atoms with Crippen molar-refractivity contribution in [2.24, 2.45) is 10.7 Å². The molecule has 0 spiro atoms. The first-order chi connectivity index (χ1) is 11.4. The van der Waals surface area contributed by atoms with E-state index >= 15 is 0 Å². The lowest BCUT2D eigenvalue weighted by atomic mass is 10.1. The largest absolute Gasteiger partial charge is 0.416 e. The maximum atomic E-state index is 12.7. The van der Waals surface area contributed by atoms with Crippen molar-refractivity contribution < 1.29 is 13.2 Å². The average molecular weight is 333 g/mol. The molecule has 1 aliphatic carbocycles. The molecule has 0 bridgehead atoms. The summed E-state index contributed by atoms with van der Waals surface area (Å²) < 4.78 is 38.1. The molecule has 0 amide bonds. The van der Waals surface area contributed by atoms with Gasteiger partial charge in [-0.05, 0) is 60.2 Å². The summed E-state index contributed by atoms with van der Waals surface area (Å²) in [5, 5.41) is 2.99. The fraction of sp³-hybridized carbons (Fsp3) is 0.278. The number of hydrogen-bond acceptors (Lipinski definition) is 1. The van der Waals surface area contributed by atoms with Crippen LogP contribution in [0.4, 0.5) is 18.9 Å². The standard InChI is InChI=1S/C18H18F3N3/c19-18(20,21)15-6-1-3-12(9-15)11-23-17(22)24-16-8-7-13-4-2-5-14(13)10-16/h1,3,6-10H,2,4-5,11H2,(H3,22,23,24). The van der Waals surface area contributed by atoms with Crippen LogP contribution in [-0.4, -0.2) is 5.96 Å². The first-order valence-electron chi connectivity index (χ1n) is 7.77. The van der Waals surface area contributed by atoms with Crippen molar-refractivity contribution in [3.63, 3.8) is 0 Å². The van der Waals surface area contributed by atoms with Crippen molar-refractivity contribution in [3.05, 3.63) is 64.7 Å². The molecule has 0 saturated heterocycles. The van der Waals surface area contributed by atoms with E-state index in [1.807, 2.05) is 6.07 Å². The Morgan fingerprint density at radius 3 is 2.67 bits per heavy atom. The smallest absolute Gasteiger partial charge is 0.370 e. The molecular formula is C18H18F3N3. The highest BCUT2D eigenvalue weighted by Crippen LogP contribution is 2.29. The number of guanidine groups is 1. The van der Waals surface area contributed by atoms with Crippen molar-refractivity contribution in [3.8, 4) is 0 Å². The molecule has 6 heteroatoms. The molecule has 24 heavy (non-hydrogen) atoms. The van der Waals surface area contributed by atoms with Gasteiger partial charge in [0, 0.05) is 5.69 Å². The van der Waals surface area contributed by atoms with E-state index in [9.17, 15) is 13.2 Å². The Morgan fingerprint density at radius 2 is 1.88 bits per heavy atom. The number of nitrogens with one attached hydrogen (secondary N) is 1. The Labute approximate surface area is 138 Å². The first kappa shape index (κ1) is 16.4. The molecule has 0 atom stereocenters. The third-order valence-electron chi connectivity index (χ3n) is 4.06. The zero-order chi connectivity index (χ0) is 17.2. The summed E-state index contributed by atoms with van der Waals surface area (Å²) in [6.07, 6.45) is -1.02. The highest BCUT2D eigenvalue weighted by Gasteiger charge is 2.30. The molecule has 3 rings (SSSR count). The van der Waals surface area contributed by atoms with Crippen LogP contribution in [-0.2, 0) is 25.6 Å². The minimum atomic E-state index is -4.35. The number of aliphatic imine (C=N–C) groups is 1. The highest BCUT2D eigenvalue weighted by molar-refractivity contribution is 5.92. The van der Waals surface area contributed by atoms with E-state index < -0.39 is 11.7 Å². The van der Waals surface area contributed by atoms with Gasteiger partial charge in [0.25, 0.3) is 0 Å². The molecule has 0 fully saturated rings. The van der Waals surface area contributed by atoms with Crippen LogP contribution < -0.4 is 11.1 Å². The predicted octanol–water partition coefficient (Wildman–Crippen LogP) is 4.12. The van der Waals surface area contributed by atoms with Crippen LogP contribution in [0.1, 0.15) is 28.7 Å². The lowest BCUT2D eigenvalue weighted by molar-refractivity contribution is -0.137. The van der Waals surface area contributed by atoms with Gasteiger partial charge in [0.05, 0.1) is 12.1 Å². The normalized spacial score (nSPS) is 14.5. The molecule has 126 valence electrons. The lowest BCUT2D eigenvalue weighted by Crippen LogP contribution is -2.22. The zero-order valence-corrected chi connectivity index (χ0v) is 13.0. The van der Waals surface area contributed by atoms with E-state index in [1.165, 1.54) is 17.2 Å². The van der Waals surface area contributed by atoms with Crippen molar-refractivity contribution in [1.29, 1.82) is 0 Å². The quantitative estimate of drug-likeness (QED) is 0.656. The van der Waals surface area contributed by atoms with Gasteiger partial charge in [-0.25, -0.2) is 4.99 Å². The molecule has 2 aromatic carbocycles. The minimum absolute atomic E-state index is 0.0910. The number of halogens is 3. The topological polar surface area (TPSA) is 50.4 Å². The monoisotopic (exact) mass is 333 g/mol. The number of anilines is 1. The Balaban J connectivity index is 1.66. The van der Waals surface area contributed by atoms with Gasteiger partial charge in [-0.3, -0.25) is 0 Å². The van der Waals surface area contributed by atoms with Crippen LogP contribution in [0, 0.1) is 0 Å². The number of benzene rings is 2. The molecule has 0 unspecified atom stereocenters. The third-order valence-corrected chi connectivity index (χ3v) is 4.06. The average Bonchev–Trinajstić information content (AvgIpc) is 3.00. The number of hydrogen-bond donors (Lipinski definition) is 2. The second-order valence-electron chi connectivity index (χ2n) is 5.86. The molecule has 3 N–H and O–H groups in total. The number of nitrogens with zero attached hydrogens (tertiary/aromatic N) is 1. The summed E-state index contributed by atoms with van der Waals surface area (Å²) in [7, 11) is 0. The molecule has 0 radical (unpaired) electrons. The van der Waals surface area contributed by atoms with Gasteiger partial charge < -0.3 is 11.1 Å². The molecule has 0 saturated carbocycles. The van der Waals surface area contributed by atoms with Crippen LogP contribution in [0.3, 0.4) is 0 Å². The Morgan fingerprint density at radius 1 is 1.08 bits per heavy atom. The summed E-state index contributed by atoms with van der Waals surface area (Å²) in [5.41, 5.74) is 9.14. The maximum absolute atomic E-state index is 12.7. The number of fused-ring (bicyclic) bond motifs is 1. The van der Waals surface area contributed by atoms with E-state index in [1.54, 1.807) is 6.07 Å². The number of aryl methyl sites for hydroxylation is 2. The fourth-order valence-corrected chi connectivity index (χ4v) is 2.86. The van der Waals surface area contributed by atoms with Gasteiger partial charge in [-0.15, -0.1) is 0 Å². The highest BCUT2D eigenvalue weighted by atomic mass is 19.4. The summed E-state index contributed by atoms with van der Waals surface area (Å²) in [5.74, 6) is 0.186. The van der Waals surface area contributed by atoms with Gasteiger partial charge in [0.15, 0.2) is 5.96 Å². The van der Waals surface area contributed by atoms with E-state index in [4.69, 9.17) is 5.73 Å².